The highest BCUT2D eigenvalue weighted by molar-refractivity contribution is 5.81. The minimum atomic E-state index is 0.253. The highest BCUT2D eigenvalue weighted by Crippen LogP contribution is 2.12. The number of benzene rings is 1. The zero-order valence-electron chi connectivity index (χ0n) is 11.7. The molecule has 0 fully saturated rings. The van der Waals surface area contributed by atoms with Gasteiger partial charge in [-0.1, -0.05) is 24.2 Å². The van der Waals surface area contributed by atoms with Crippen LogP contribution < -0.4 is 10.5 Å². The molecule has 3 N–H and O–H groups in total. The van der Waals surface area contributed by atoms with Gasteiger partial charge in [0.1, 0.15) is 5.75 Å². The molecule has 1 aromatic carbocycles. The van der Waals surface area contributed by atoms with Crippen molar-refractivity contribution in [2.24, 2.45) is 10.9 Å². The maximum Gasteiger partial charge on any atom is 0.153 e. The minimum absolute atomic E-state index is 0.253. The molecule has 0 saturated heterocycles. The van der Waals surface area contributed by atoms with Gasteiger partial charge >= 0.3 is 0 Å². The Morgan fingerprint density at radius 1 is 1.32 bits per heavy atom. The van der Waals surface area contributed by atoms with E-state index < -0.39 is 0 Å². The van der Waals surface area contributed by atoms with Crippen molar-refractivity contribution >= 4 is 5.84 Å². The van der Waals surface area contributed by atoms with Crippen molar-refractivity contribution in [2.75, 3.05) is 26.7 Å². The van der Waals surface area contributed by atoms with Crippen LogP contribution in [0.15, 0.2) is 29.4 Å². The maximum atomic E-state index is 8.62. The van der Waals surface area contributed by atoms with Crippen LogP contribution in [0.4, 0.5) is 0 Å². The van der Waals surface area contributed by atoms with Gasteiger partial charge in [0, 0.05) is 6.54 Å². The molecule has 0 unspecified atom stereocenters. The Bertz CT molecular complexity index is 390. The van der Waals surface area contributed by atoms with Crippen LogP contribution in [0, 0.1) is 0 Å². The van der Waals surface area contributed by atoms with E-state index in [4.69, 9.17) is 15.7 Å². The molecular formula is C14H23N3O2. The van der Waals surface area contributed by atoms with Gasteiger partial charge < -0.3 is 15.7 Å². The van der Waals surface area contributed by atoms with Gasteiger partial charge in [0.15, 0.2) is 5.84 Å². The lowest BCUT2D eigenvalue weighted by atomic mass is 10.1. The van der Waals surface area contributed by atoms with Crippen molar-refractivity contribution in [1.82, 2.24) is 4.90 Å². The minimum Gasteiger partial charge on any atom is -0.497 e. The third kappa shape index (κ3) is 5.61. The summed E-state index contributed by atoms with van der Waals surface area (Å²) in [5.41, 5.74) is 6.80. The fourth-order valence-electron chi connectivity index (χ4n) is 1.93. The van der Waals surface area contributed by atoms with Crippen LogP contribution in [0.1, 0.15) is 18.9 Å². The zero-order chi connectivity index (χ0) is 14.1. The molecule has 0 saturated carbocycles. The molecule has 0 atom stereocenters. The van der Waals surface area contributed by atoms with E-state index in [0.29, 0.717) is 6.54 Å². The number of nitrogens with two attached hydrogens (primary N) is 1. The van der Waals surface area contributed by atoms with Crippen molar-refractivity contribution in [3.63, 3.8) is 0 Å². The van der Waals surface area contributed by atoms with Crippen LogP contribution in [-0.2, 0) is 6.42 Å². The monoisotopic (exact) mass is 265 g/mol. The van der Waals surface area contributed by atoms with E-state index in [-0.39, 0.29) is 5.84 Å². The molecule has 0 aliphatic rings. The second-order valence-corrected chi connectivity index (χ2v) is 4.47. The molecule has 0 spiro atoms. The summed E-state index contributed by atoms with van der Waals surface area (Å²) in [7, 11) is 1.66. The normalized spacial score (nSPS) is 11.8. The SMILES string of the molecule is CCCN(CCc1ccc(OC)cc1)CC(N)=NO. The van der Waals surface area contributed by atoms with Crippen LogP contribution in [-0.4, -0.2) is 42.7 Å². The summed E-state index contributed by atoms with van der Waals surface area (Å²) in [5.74, 6) is 1.12. The molecule has 19 heavy (non-hydrogen) atoms. The summed E-state index contributed by atoms with van der Waals surface area (Å²) < 4.78 is 5.13. The van der Waals surface area contributed by atoms with Crippen LogP contribution in [0.5, 0.6) is 5.75 Å². The lowest BCUT2D eigenvalue weighted by Crippen LogP contribution is -2.35. The Hall–Kier alpha value is -1.75. The molecular weight excluding hydrogens is 242 g/mol. The molecule has 0 aromatic heterocycles. The van der Waals surface area contributed by atoms with Gasteiger partial charge in [0.05, 0.1) is 13.7 Å². The van der Waals surface area contributed by atoms with E-state index in [1.165, 1.54) is 5.56 Å². The third-order valence-electron chi connectivity index (χ3n) is 2.93. The lowest BCUT2D eigenvalue weighted by Gasteiger charge is -2.20. The molecule has 5 nitrogen and oxygen atoms in total. The first kappa shape index (κ1) is 15.3. The molecule has 5 heteroatoms. The summed E-state index contributed by atoms with van der Waals surface area (Å²) in [4.78, 5) is 2.18. The molecule has 0 bridgehead atoms. The highest BCUT2D eigenvalue weighted by Gasteiger charge is 2.06. The topological polar surface area (TPSA) is 71.1 Å². The van der Waals surface area contributed by atoms with Gasteiger partial charge in [0.25, 0.3) is 0 Å². The molecule has 0 amide bonds. The van der Waals surface area contributed by atoms with E-state index in [2.05, 4.69) is 29.1 Å². The first-order valence-corrected chi connectivity index (χ1v) is 6.51. The van der Waals surface area contributed by atoms with Crippen LogP contribution >= 0.6 is 0 Å². The standard InChI is InChI=1S/C14H23N3O2/c1-3-9-17(11-14(15)16-18)10-8-12-4-6-13(19-2)7-5-12/h4-7,18H,3,8-11H2,1-2H3,(H2,15,16). The number of methoxy groups -OCH3 is 1. The molecule has 1 rings (SSSR count). The predicted octanol–water partition coefficient (Wildman–Crippen LogP) is 1.70. The first-order chi connectivity index (χ1) is 9.19. The van der Waals surface area contributed by atoms with Crippen molar-refractivity contribution in [3.8, 4) is 5.75 Å². The van der Waals surface area contributed by atoms with Gasteiger partial charge in [0.2, 0.25) is 0 Å². The van der Waals surface area contributed by atoms with Crippen molar-refractivity contribution in [1.29, 1.82) is 0 Å². The highest BCUT2D eigenvalue weighted by atomic mass is 16.5. The zero-order valence-corrected chi connectivity index (χ0v) is 11.7. The number of amidine groups is 1. The Morgan fingerprint density at radius 3 is 2.53 bits per heavy atom. The Labute approximate surface area is 114 Å². The molecule has 1 aromatic rings. The molecule has 0 aliphatic heterocycles. The number of hydrogen-bond donors (Lipinski definition) is 2. The number of oxime groups is 1. The van der Waals surface area contributed by atoms with Crippen LogP contribution in [0.3, 0.4) is 0 Å². The Balaban J connectivity index is 2.50. The summed E-state index contributed by atoms with van der Waals surface area (Å²) in [6.45, 7) is 4.44. The number of ether oxygens (including phenoxy) is 1. The smallest absolute Gasteiger partial charge is 0.153 e. The second kappa shape index (κ2) is 8.37. The molecule has 0 aliphatic carbocycles. The molecule has 0 radical (unpaired) electrons. The van der Waals surface area contributed by atoms with Gasteiger partial charge in [-0.2, -0.15) is 0 Å². The summed E-state index contributed by atoms with van der Waals surface area (Å²) in [6.07, 6.45) is 1.98. The van der Waals surface area contributed by atoms with Crippen LogP contribution in [0.2, 0.25) is 0 Å². The van der Waals surface area contributed by atoms with E-state index in [9.17, 15) is 0 Å². The molecule has 0 heterocycles. The lowest BCUT2D eigenvalue weighted by molar-refractivity contribution is 0.293. The fourth-order valence-corrected chi connectivity index (χ4v) is 1.93. The second-order valence-electron chi connectivity index (χ2n) is 4.47. The summed E-state index contributed by atoms with van der Waals surface area (Å²) in [5, 5.41) is 11.6. The average Bonchev–Trinajstić information content (AvgIpc) is 2.45. The van der Waals surface area contributed by atoms with Crippen molar-refractivity contribution in [2.45, 2.75) is 19.8 Å². The Morgan fingerprint density at radius 2 is 2.00 bits per heavy atom. The third-order valence-corrected chi connectivity index (χ3v) is 2.93. The van der Waals surface area contributed by atoms with Crippen molar-refractivity contribution in [3.05, 3.63) is 29.8 Å². The van der Waals surface area contributed by atoms with E-state index in [1.54, 1.807) is 7.11 Å². The number of hydrogen-bond acceptors (Lipinski definition) is 4. The van der Waals surface area contributed by atoms with Crippen molar-refractivity contribution < 1.29 is 9.94 Å². The van der Waals surface area contributed by atoms with Gasteiger partial charge in [-0.05, 0) is 37.1 Å². The van der Waals surface area contributed by atoms with E-state index in [0.717, 1.165) is 31.7 Å². The summed E-state index contributed by atoms with van der Waals surface area (Å²) >= 11 is 0. The maximum absolute atomic E-state index is 8.62. The van der Waals surface area contributed by atoms with E-state index in [1.807, 2.05) is 12.1 Å². The molecule has 106 valence electrons. The summed E-state index contributed by atoms with van der Waals surface area (Å²) in [6, 6.07) is 8.05. The largest absolute Gasteiger partial charge is 0.497 e. The van der Waals surface area contributed by atoms with Crippen LogP contribution in [0.25, 0.3) is 0 Å². The van der Waals surface area contributed by atoms with E-state index >= 15 is 0 Å². The predicted molar refractivity (Wildman–Crippen MR) is 76.8 cm³/mol. The van der Waals surface area contributed by atoms with Gasteiger partial charge in [-0.15, -0.1) is 0 Å². The quantitative estimate of drug-likeness (QED) is 0.325. The Kier molecular flexibility index (Phi) is 6.74. The average molecular weight is 265 g/mol. The van der Waals surface area contributed by atoms with Gasteiger partial charge in [-0.3, -0.25) is 4.90 Å². The number of nitrogens with zero attached hydrogens (tertiary/aromatic N) is 2. The first-order valence-electron chi connectivity index (χ1n) is 6.51. The number of rotatable bonds is 8. The van der Waals surface area contributed by atoms with Gasteiger partial charge in [-0.25, -0.2) is 0 Å². The fraction of sp³-hybridized carbons (Fsp3) is 0.500.